The number of alkyl carbamates (subject to hydrolysis) is 2. The molecule has 0 heterocycles. The maximum atomic E-state index is 11.8. The third-order valence-corrected chi connectivity index (χ3v) is 2.54. The minimum atomic E-state index is -0.809. The number of rotatable bonds is 2. The lowest BCUT2D eigenvalue weighted by Crippen LogP contribution is -2.43. The van der Waals surface area contributed by atoms with Crippen LogP contribution in [0.5, 0.6) is 0 Å². The fraction of sp³-hybridized carbons (Fsp3) is 0.739. The standard InChI is InChI=1S/C13H23NO4.C10H19NO4/c1-8-9-14(10(15)17-12(2,3)4)11(16)18-13(5,6)7;1-9(2,3)14-7(12)11-8(13)15-10(4,5)6/h8H,1,9H2,2-7H3;1-6H3,(H,11,12,13). The minimum Gasteiger partial charge on any atom is -0.443 e. The molecule has 0 spiro atoms. The Morgan fingerprint density at radius 2 is 0.909 bits per heavy atom. The molecule has 33 heavy (non-hydrogen) atoms. The van der Waals surface area contributed by atoms with E-state index >= 15 is 0 Å². The highest BCUT2D eigenvalue weighted by Crippen LogP contribution is 2.14. The number of amides is 4. The molecule has 0 aromatic heterocycles. The molecule has 4 amide bonds. The third kappa shape index (κ3) is 20.9. The van der Waals surface area contributed by atoms with E-state index in [1.807, 2.05) is 5.32 Å². The first-order valence-corrected chi connectivity index (χ1v) is 10.5. The van der Waals surface area contributed by atoms with Crippen molar-refractivity contribution in [2.24, 2.45) is 0 Å². The Labute approximate surface area is 197 Å². The number of hydrogen-bond donors (Lipinski definition) is 1. The summed E-state index contributed by atoms with van der Waals surface area (Å²) in [4.78, 5) is 46.8. The molecule has 0 saturated heterocycles. The zero-order valence-corrected chi connectivity index (χ0v) is 22.2. The minimum absolute atomic E-state index is 0.0455. The van der Waals surface area contributed by atoms with Crippen molar-refractivity contribution in [1.82, 2.24) is 10.2 Å². The summed E-state index contributed by atoms with van der Waals surface area (Å²) in [5.74, 6) is 0. The molecule has 0 fully saturated rings. The van der Waals surface area contributed by atoms with Crippen LogP contribution >= 0.6 is 0 Å². The highest BCUT2D eigenvalue weighted by molar-refractivity contribution is 5.88. The molecule has 0 aliphatic heterocycles. The van der Waals surface area contributed by atoms with E-state index < -0.39 is 46.8 Å². The van der Waals surface area contributed by atoms with E-state index in [4.69, 9.17) is 18.9 Å². The lowest BCUT2D eigenvalue weighted by atomic mass is 10.2. The van der Waals surface area contributed by atoms with Crippen molar-refractivity contribution >= 4 is 24.4 Å². The summed E-state index contributed by atoms with van der Waals surface area (Å²) in [6.45, 7) is 24.2. The van der Waals surface area contributed by atoms with E-state index in [1.165, 1.54) is 6.08 Å². The van der Waals surface area contributed by atoms with Gasteiger partial charge in [0.2, 0.25) is 0 Å². The molecule has 192 valence electrons. The molecule has 0 radical (unpaired) electrons. The molecule has 0 saturated carbocycles. The van der Waals surface area contributed by atoms with Gasteiger partial charge in [-0.25, -0.2) is 29.4 Å². The fourth-order valence-corrected chi connectivity index (χ4v) is 1.68. The van der Waals surface area contributed by atoms with E-state index in [-0.39, 0.29) is 6.54 Å². The Hall–Kier alpha value is -2.78. The lowest BCUT2D eigenvalue weighted by molar-refractivity contribution is 0.00359. The Balaban J connectivity index is 0. The van der Waals surface area contributed by atoms with Gasteiger partial charge in [-0.15, -0.1) is 6.58 Å². The number of carbonyl (C=O) groups is 4. The van der Waals surface area contributed by atoms with E-state index in [1.54, 1.807) is 83.1 Å². The maximum Gasteiger partial charge on any atom is 0.420 e. The van der Waals surface area contributed by atoms with Crippen LogP contribution in [0.2, 0.25) is 0 Å². The van der Waals surface area contributed by atoms with Crippen molar-refractivity contribution in [3.8, 4) is 0 Å². The normalized spacial score (nSPS) is 11.8. The number of carbonyl (C=O) groups excluding carboxylic acids is 4. The van der Waals surface area contributed by atoms with Crippen molar-refractivity contribution < 1.29 is 38.1 Å². The molecule has 0 aliphatic carbocycles. The lowest BCUT2D eigenvalue weighted by Gasteiger charge is -2.27. The topological polar surface area (TPSA) is 120 Å². The average molecular weight is 475 g/mol. The van der Waals surface area contributed by atoms with Gasteiger partial charge < -0.3 is 18.9 Å². The summed E-state index contributed by atoms with van der Waals surface area (Å²) >= 11 is 0. The molecule has 0 unspecified atom stereocenters. The quantitative estimate of drug-likeness (QED) is 0.394. The molecule has 0 aromatic carbocycles. The Kier molecular flexibility index (Phi) is 12.2. The van der Waals surface area contributed by atoms with Crippen molar-refractivity contribution in [2.45, 2.75) is 105 Å². The van der Waals surface area contributed by atoms with Gasteiger partial charge in [-0.1, -0.05) is 6.08 Å². The Morgan fingerprint density at radius 3 is 1.12 bits per heavy atom. The molecule has 0 aromatic rings. The Morgan fingerprint density at radius 1 is 0.636 bits per heavy atom. The summed E-state index contributed by atoms with van der Waals surface area (Å²) in [7, 11) is 0. The first kappa shape index (κ1) is 32.4. The van der Waals surface area contributed by atoms with Crippen molar-refractivity contribution in [2.75, 3.05) is 6.54 Å². The van der Waals surface area contributed by atoms with Gasteiger partial charge in [0.15, 0.2) is 0 Å². The number of nitrogens with zero attached hydrogens (tertiary/aromatic N) is 1. The molecule has 0 rings (SSSR count). The molecule has 10 nitrogen and oxygen atoms in total. The number of ether oxygens (including phenoxy) is 4. The van der Waals surface area contributed by atoms with E-state index in [2.05, 4.69) is 6.58 Å². The van der Waals surface area contributed by atoms with Crippen LogP contribution in [0.3, 0.4) is 0 Å². The monoisotopic (exact) mass is 474 g/mol. The fourth-order valence-electron chi connectivity index (χ4n) is 1.68. The summed E-state index contributed by atoms with van der Waals surface area (Å²) in [6.07, 6.45) is -1.66. The number of imide groups is 2. The molecule has 10 heteroatoms. The molecule has 0 atom stereocenters. The molecular formula is C23H42N2O8. The molecular weight excluding hydrogens is 432 g/mol. The van der Waals surface area contributed by atoms with Gasteiger partial charge in [0, 0.05) is 0 Å². The predicted octanol–water partition coefficient (Wildman–Crippen LogP) is 5.79. The third-order valence-electron chi connectivity index (χ3n) is 2.54. The van der Waals surface area contributed by atoms with Crippen LogP contribution in [0.25, 0.3) is 0 Å². The number of hydrogen-bond acceptors (Lipinski definition) is 8. The summed E-state index contributed by atoms with van der Waals surface area (Å²) in [6, 6.07) is 0. The second-order valence-corrected chi connectivity index (χ2v) is 11.0. The van der Waals surface area contributed by atoms with Gasteiger partial charge in [0.05, 0.1) is 6.54 Å². The van der Waals surface area contributed by atoms with Crippen LogP contribution in [0.4, 0.5) is 19.2 Å². The van der Waals surface area contributed by atoms with Gasteiger partial charge in [-0.05, 0) is 83.1 Å². The summed E-state index contributed by atoms with van der Waals surface area (Å²) in [5.41, 5.74) is -2.60. The van der Waals surface area contributed by atoms with E-state index in [0.29, 0.717) is 0 Å². The van der Waals surface area contributed by atoms with Gasteiger partial charge in [0.1, 0.15) is 22.4 Å². The van der Waals surface area contributed by atoms with Crippen LogP contribution in [0.1, 0.15) is 83.1 Å². The summed E-state index contributed by atoms with van der Waals surface area (Å²) in [5, 5.41) is 1.97. The van der Waals surface area contributed by atoms with Crippen LogP contribution < -0.4 is 5.32 Å². The highest BCUT2D eigenvalue weighted by atomic mass is 16.6. The van der Waals surface area contributed by atoms with Crippen molar-refractivity contribution in [3.05, 3.63) is 12.7 Å². The average Bonchev–Trinajstić information content (AvgIpc) is 2.45. The van der Waals surface area contributed by atoms with Crippen LogP contribution in [-0.4, -0.2) is 58.2 Å². The molecule has 0 bridgehead atoms. The predicted molar refractivity (Wildman–Crippen MR) is 125 cm³/mol. The van der Waals surface area contributed by atoms with Gasteiger partial charge >= 0.3 is 24.4 Å². The van der Waals surface area contributed by atoms with Gasteiger partial charge in [-0.2, -0.15) is 0 Å². The first-order chi connectivity index (χ1) is 14.5. The zero-order chi connectivity index (χ0) is 26.8. The second-order valence-electron chi connectivity index (χ2n) is 11.0. The van der Waals surface area contributed by atoms with Crippen LogP contribution in [-0.2, 0) is 18.9 Å². The maximum absolute atomic E-state index is 11.8. The van der Waals surface area contributed by atoms with Crippen LogP contribution in [0.15, 0.2) is 12.7 Å². The Bertz CT molecular complexity index is 635. The first-order valence-electron chi connectivity index (χ1n) is 10.5. The number of nitrogens with one attached hydrogen (secondary N) is 1. The second kappa shape index (κ2) is 12.5. The van der Waals surface area contributed by atoms with E-state index in [9.17, 15) is 19.2 Å². The van der Waals surface area contributed by atoms with Crippen molar-refractivity contribution in [1.29, 1.82) is 0 Å². The molecule has 0 aliphatic rings. The largest absolute Gasteiger partial charge is 0.443 e. The van der Waals surface area contributed by atoms with Crippen molar-refractivity contribution in [3.63, 3.8) is 0 Å². The van der Waals surface area contributed by atoms with E-state index in [0.717, 1.165) is 4.90 Å². The SMILES string of the molecule is C=CCN(C(=O)OC(C)(C)C)C(=O)OC(C)(C)C.CC(C)(C)OC(=O)NC(=O)OC(C)(C)C. The zero-order valence-electron chi connectivity index (χ0n) is 22.2. The van der Waals surface area contributed by atoms with Gasteiger partial charge in [-0.3, -0.25) is 0 Å². The van der Waals surface area contributed by atoms with Gasteiger partial charge in [0.25, 0.3) is 0 Å². The smallest absolute Gasteiger partial charge is 0.420 e. The molecule has 1 N–H and O–H groups in total. The highest BCUT2D eigenvalue weighted by Gasteiger charge is 2.30. The summed E-state index contributed by atoms with van der Waals surface area (Å²) < 4.78 is 20.0. The van der Waals surface area contributed by atoms with Crippen LogP contribution in [0, 0.1) is 0 Å².